The summed E-state index contributed by atoms with van der Waals surface area (Å²) in [6.07, 6.45) is 0. The fraction of sp³-hybridized carbons (Fsp3) is 0. The minimum absolute atomic E-state index is 0.172. The molecule has 0 aliphatic heterocycles. The quantitative estimate of drug-likeness (QED) is 0.695. The number of hydrogen-bond acceptors (Lipinski definition) is 3. The first-order valence-corrected chi connectivity index (χ1v) is 6.13. The van der Waals surface area contributed by atoms with E-state index in [1.807, 2.05) is 36.4 Å². The first-order valence-electron chi connectivity index (χ1n) is 5.05. The van der Waals surface area contributed by atoms with Crippen molar-refractivity contribution >= 4 is 33.6 Å². The number of aromatic nitrogens is 3. The van der Waals surface area contributed by atoms with Crippen LogP contribution in [0, 0.1) is 3.57 Å². The molecule has 0 bridgehead atoms. The predicted octanol–water partition coefficient (Wildman–Crippen LogP) is 2.73. The maximum Gasteiger partial charge on any atom is 0.143 e. The van der Waals surface area contributed by atoms with Crippen LogP contribution in [-0.4, -0.2) is 20.1 Å². The van der Waals surface area contributed by atoms with E-state index in [9.17, 15) is 5.11 Å². The standard InChI is InChI=1S/C12H8IN3O/c13-8-5-6-12(17)11(7-8)16-14-9-3-1-2-4-10(9)15-16/h1-7,17H. The van der Waals surface area contributed by atoms with Crippen molar-refractivity contribution in [3.63, 3.8) is 0 Å². The summed E-state index contributed by atoms with van der Waals surface area (Å²) < 4.78 is 1.02. The lowest BCUT2D eigenvalue weighted by molar-refractivity contribution is 0.467. The average Bonchev–Trinajstić information content (AvgIpc) is 2.75. The van der Waals surface area contributed by atoms with Gasteiger partial charge in [0, 0.05) is 3.57 Å². The average molecular weight is 337 g/mol. The van der Waals surface area contributed by atoms with Crippen molar-refractivity contribution < 1.29 is 5.11 Å². The number of benzene rings is 2. The molecule has 0 saturated carbocycles. The summed E-state index contributed by atoms with van der Waals surface area (Å²) in [4.78, 5) is 1.46. The molecule has 0 aliphatic carbocycles. The number of hydrogen-bond donors (Lipinski definition) is 1. The topological polar surface area (TPSA) is 50.9 Å². The zero-order chi connectivity index (χ0) is 11.8. The number of nitrogens with zero attached hydrogens (tertiary/aromatic N) is 3. The molecule has 2 aromatic carbocycles. The second-order valence-corrected chi connectivity index (χ2v) is 4.86. The Kier molecular flexibility index (Phi) is 2.47. The van der Waals surface area contributed by atoms with E-state index in [0.717, 1.165) is 14.6 Å². The van der Waals surface area contributed by atoms with Crippen LogP contribution in [0.5, 0.6) is 5.75 Å². The van der Waals surface area contributed by atoms with Crippen molar-refractivity contribution in [1.82, 2.24) is 15.0 Å². The van der Waals surface area contributed by atoms with Gasteiger partial charge in [-0.25, -0.2) is 0 Å². The maximum atomic E-state index is 9.81. The molecule has 84 valence electrons. The summed E-state index contributed by atoms with van der Waals surface area (Å²) >= 11 is 2.19. The largest absolute Gasteiger partial charge is 0.506 e. The minimum atomic E-state index is 0.172. The van der Waals surface area contributed by atoms with Crippen LogP contribution in [0.15, 0.2) is 42.5 Å². The highest BCUT2D eigenvalue weighted by Gasteiger charge is 2.08. The van der Waals surface area contributed by atoms with Gasteiger partial charge in [0.15, 0.2) is 0 Å². The highest BCUT2D eigenvalue weighted by Crippen LogP contribution is 2.23. The number of phenols is 1. The third-order valence-electron chi connectivity index (χ3n) is 2.44. The van der Waals surface area contributed by atoms with E-state index in [2.05, 4.69) is 32.8 Å². The van der Waals surface area contributed by atoms with Gasteiger partial charge in [0.05, 0.1) is 0 Å². The zero-order valence-electron chi connectivity index (χ0n) is 8.71. The first-order chi connectivity index (χ1) is 8.24. The first kappa shape index (κ1) is 10.5. The second-order valence-electron chi connectivity index (χ2n) is 3.61. The molecule has 3 aromatic rings. The molecule has 0 spiro atoms. The van der Waals surface area contributed by atoms with Gasteiger partial charge < -0.3 is 5.11 Å². The number of aromatic hydroxyl groups is 1. The van der Waals surface area contributed by atoms with E-state index in [-0.39, 0.29) is 5.75 Å². The maximum absolute atomic E-state index is 9.81. The van der Waals surface area contributed by atoms with Crippen LogP contribution < -0.4 is 0 Å². The lowest BCUT2D eigenvalue weighted by Crippen LogP contribution is -1.99. The van der Waals surface area contributed by atoms with Crippen LogP contribution in [0.2, 0.25) is 0 Å². The van der Waals surface area contributed by atoms with Crippen LogP contribution in [0.4, 0.5) is 0 Å². The van der Waals surface area contributed by atoms with E-state index in [1.165, 1.54) is 4.80 Å². The molecule has 0 aliphatic rings. The summed E-state index contributed by atoms with van der Waals surface area (Å²) in [6, 6.07) is 12.9. The molecular formula is C12H8IN3O. The fourth-order valence-corrected chi connectivity index (χ4v) is 2.10. The van der Waals surface area contributed by atoms with Crippen LogP contribution in [0.25, 0.3) is 16.7 Å². The molecular weight excluding hydrogens is 329 g/mol. The lowest BCUT2D eigenvalue weighted by atomic mass is 10.3. The molecule has 4 nitrogen and oxygen atoms in total. The van der Waals surface area contributed by atoms with E-state index in [1.54, 1.807) is 6.07 Å². The molecule has 3 rings (SSSR count). The van der Waals surface area contributed by atoms with Gasteiger partial charge in [-0.3, -0.25) is 0 Å². The summed E-state index contributed by atoms with van der Waals surface area (Å²) in [5.74, 6) is 0.172. The Bertz CT molecular complexity index is 660. The predicted molar refractivity (Wildman–Crippen MR) is 73.2 cm³/mol. The third-order valence-corrected chi connectivity index (χ3v) is 3.11. The Balaban J connectivity index is 2.23. The Morgan fingerprint density at radius 3 is 2.29 bits per heavy atom. The highest BCUT2D eigenvalue weighted by molar-refractivity contribution is 14.1. The lowest BCUT2D eigenvalue weighted by Gasteiger charge is -2.02. The molecule has 0 unspecified atom stereocenters. The van der Waals surface area contributed by atoms with E-state index >= 15 is 0 Å². The Hall–Kier alpha value is -1.63. The van der Waals surface area contributed by atoms with E-state index in [0.29, 0.717) is 5.69 Å². The van der Waals surface area contributed by atoms with Crippen LogP contribution >= 0.6 is 22.6 Å². The summed E-state index contributed by atoms with van der Waals surface area (Å²) in [7, 11) is 0. The second kappa shape index (κ2) is 3.99. The van der Waals surface area contributed by atoms with Crippen molar-refractivity contribution in [1.29, 1.82) is 0 Å². The van der Waals surface area contributed by atoms with Crippen LogP contribution in [-0.2, 0) is 0 Å². The molecule has 0 fully saturated rings. The molecule has 1 heterocycles. The summed E-state index contributed by atoms with van der Waals surface area (Å²) in [5.41, 5.74) is 2.21. The highest BCUT2D eigenvalue weighted by atomic mass is 127. The number of fused-ring (bicyclic) bond motifs is 1. The van der Waals surface area contributed by atoms with E-state index in [4.69, 9.17) is 0 Å². The summed E-state index contributed by atoms with van der Waals surface area (Å²) in [5, 5.41) is 18.5. The van der Waals surface area contributed by atoms with Crippen molar-refractivity contribution in [3.05, 3.63) is 46.0 Å². The molecule has 0 amide bonds. The SMILES string of the molecule is Oc1ccc(I)cc1-n1nc2ccccc2n1. The number of rotatable bonds is 1. The molecule has 5 heteroatoms. The van der Waals surface area contributed by atoms with Crippen molar-refractivity contribution in [3.8, 4) is 11.4 Å². The Morgan fingerprint density at radius 1 is 1.00 bits per heavy atom. The normalized spacial score (nSPS) is 10.9. The van der Waals surface area contributed by atoms with Gasteiger partial charge in [-0.1, -0.05) is 12.1 Å². The van der Waals surface area contributed by atoms with Gasteiger partial charge in [-0.05, 0) is 52.9 Å². The fourth-order valence-electron chi connectivity index (χ4n) is 1.62. The summed E-state index contributed by atoms with van der Waals surface area (Å²) in [6.45, 7) is 0. The van der Waals surface area contributed by atoms with E-state index < -0.39 is 0 Å². The smallest absolute Gasteiger partial charge is 0.143 e. The van der Waals surface area contributed by atoms with Gasteiger partial charge in [-0.2, -0.15) is 0 Å². The van der Waals surface area contributed by atoms with Gasteiger partial charge >= 0.3 is 0 Å². The number of halogens is 1. The van der Waals surface area contributed by atoms with Crippen molar-refractivity contribution in [2.24, 2.45) is 0 Å². The van der Waals surface area contributed by atoms with Crippen molar-refractivity contribution in [2.45, 2.75) is 0 Å². The molecule has 0 atom stereocenters. The Labute approximate surface area is 111 Å². The Morgan fingerprint density at radius 2 is 1.65 bits per heavy atom. The van der Waals surface area contributed by atoms with Gasteiger partial charge in [0.2, 0.25) is 0 Å². The molecule has 0 saturated heterocycles. The molecule has 17 heavy (non-hydrogen) atoms. The van der Waals surface area contributed by atoms with Crippen LogP contribution in [0.3, 0.4) is 0 Å². The third kappa shape index (κ3) is 1.86. The van der Waals surface area contributed by atoms with Crippen LogP contribution in [0.1, 0.15) is 0 Å². The molecule has 0 radical (unpaired) electrons. The number of phenolic OH excluding ortho intramolecular Hbond substituents is 1. The van der Waals surface area contributed by atoms with Crippen molar-refractivity contribution in [2.75, 3.05) is 0 Å². The van der Waals surface area contributed by atoms with Gasteiger partial charge in [0.1, 0.15) is 22.5 Å². The minimum Gasteiger partial charge on any atom is -0.506 e. The molecule has 1 N–H and O–H groups in total. The van der Waals surface area contributed by atoms with Gasteiger partial charge in [-0.15, -0.1) is 15.0 Å². The monoisotopic (exact) mass is 337 g/mol. The van der Waals surface area contributed by atoms with Gasteiger partial charge in [0.25, 0.3) is 0 Å². The molecule has 1 aromatic heterocycles. The zero-order valence-corrected chi connectivity index (χ0v) is 10.9.